The van der Waals surface area contributed by atoms with Gasteiger partial charge in [0.05, 0.1) is 6.54 Å². The fraction of sp³-hybridized carbons (Fsp3) is 0.345. The average molecular weight is 519 g/mol. The van der Waals surface area contributed by atoms with Crippen molar-refractivity contribution in [1.82, 2.24) is 20.5 Å². The second-order valence-corrected chi connectivity index (χ2v) is 10.1. The van der Waals surface area contributed by atoms with Gasteiger partial charge in [0.2, 0.25) is 5.91 Å². The molecule has 1 heterocycles. The molecule has 0 aliphatic heterocycles. The predicted octanol–water partition coefficient (Wildman–Crippen LogP) is 4.04. The summed E-state index contributed by atoms with van der Waals surface area (Å²) in [6, 6.07) is 19.1. The third-order valence-corrected chi connectivity index (χ3v) is 6.10. The number of hydrogen-bond acceptors (Lipinski definition) is 5. The minimum absolute atomic E-state index is 0.0266. The van der Waals surface area contributed by atoms with Crippen molar-refractivity contribution in [3.8, 4) is 11.1 Å². The first-order valence-electron chi connectivity index (χ1n) is 12.7. The van der Waals surface area contributed by atoms with Crippen LogP contribution in [0.1, 0.15) is 37.8 Å². The zero-order chi connectivity index (χ0) is 27.1. The van der Waals surface area contributed by atoms with E-state index in [0.717, 1.165) is 22.3 Å². The first-order chi connectivity index (χ1) is 18.2. The second-order valence-electron chi connectivity index (χ2n) is 10.1. The summed E-state index contributed by atoms with van der Waals surface area (Å²) in [4.78, 5) is 37.4. The lowest BCUT2D eigenvalue weighted by Crippen LogP contribution is -2.51. The number of nitrogens with one attached hydrogen (secondary N) is 3. The maximum atomic E-state index is 12.8. The highest BCUT2D eigenvalue weighted by molar-refractivity contribution is 5.85. The van der Waals surface area contributed by atoms with Crippen LogP contribution in [-0.2, 0) is 20.8 Å². The molecule has 3 aromatic rings. The molecule has 200 valence electrons. The Hall–Kier alpha value is -4.27. The van der Waals surface area contributed by atoms with Crippen LogP contribution in [0.2, 0.25) is 0 Å². The topological polar surface area (TPSA) is 111 Å². The van der Waals surface area contributed by atoms with Gasteiger partial charge < -0.3 is 30.0 Å². The lowest BCUT2D eigenvalue weighted by molar-refractivity contribution is -0.123. The van der Waals surface area contributed by atoms with Crippen LogP contribution in [-0.4, -0.2) is 54.0 Å². The highest BCUT2D eigenvalue weighted by Crippen LogP contribution is 2.44. The molecule has 3 amide bonds. The van der Waals surface area contributed by atoms with Crippen molar-refractivity contribution in [2.45, 2.75) is 44.9 Å². The number of hydrogen-bond donors (Lipinski definition) is 3. The van der Waals surface area contributed by atoms with E-state index in [0.29, 0.717) is 0 Å². The van der Waals surface area contributed by atoms with Gasteiger partial charge in [-0.25, -0.2) is 9.59 Å². The van der Waals surface area contributed by atoms with E-state index in [1.165, 1.54) is 0 Å². The van der Waals surface area contributed by atoms with Crippen LogP contribution in [0, 0.1) is 0 Å². The Morgan fingerprint density at radius 2 is 1.42 bits per heavy atom. The van der Waals surface area contributed by atoms with E-state index in [1.54, 1.807) is 37.7 Å². The SMILES string of the molecule is CC(C)(C)OC(=O)NC(Cn1cccc1)C(=O)NCCNC(=O)OCC1c2ccccc2-c2ccccc21. The standard InChI is InChI=1S/C29H34N4O5/c1-29(2,3)38-28(36)32-25(18-33-16-8-9-17-33)26(34)30-14-15-31-27(35)37-19-24-22-12-6-4-10-20(22)21-11-5-7-13-23(21)24/h4-13,16-17,24-25H,14-15,18-19H2,1-3H3,(H,30,34)(H,31,35)(H,32,36). The number of amides is 3. The Labute approximate surface area is 222 Å². The van der Waals surface area contributed by atoms with Crippen molar-refractivity contribution in [2.24, 2.45) is 0 Å². The lowest BCUT2D eigenvalue weighted by Gasteiger charge is -2.23. The lowest BCUT2D eigenvalue weighted by atomic mass is 9.98. The fourth-order valence-corrected chi connectivity index (χ4v) is 4.47. The van der Waals surface area contributed by atoms with Gasteiger partial charge in [0.1, 0.15) is 18.2 Å². The van der Waals surface area contributed by atoms with Crippen LogP contribution < -0.4 is 16.0 Å². The molecular formula is C29H34N4O5. The van der Waals surface area contributed by atoms with Gasteiger partial charge in [-0.2, -0.15) is 0 Å². The number of aromatic nitrogens is 1. The van der Waals surface area contributed by atoms with E-state index < -0.39 is 23.8 Å². The molecule has 0 radical (unpaired) electrons. The zero-order valence-corrected chi connectivity index (χ0v) is 21.9. The molecule has 0 fully saturated rings. The Balaban J connectivity index is 1.24. The highest BCUT2D eigenvalue weighted by atomic mass is 16.6. The van der Waals surface area contributed by atoms with Crippen molar-refractivity contribution in [2.75, 3.05) is 19.7 Å². The first kappa shape index (κ1) is 26.8. The molecule has 0 bridgehead atoms. The van der Waals surface area contributed by atoms with E-state index in [1.807, 2.05) is 36.4 Å². The third kappa shape index (κ3) is 6.94. The minimum Gasteiger partial charge on any atom is -0.449 e. The van der Waals surface area contributed by atoms with Crippen LogP contribution in [0.3, 0.4) is 0 Å². The number of rotatable bonds is 9. The number of carbonyl (C=O) groups excluding carboxylic acids is 3. The summed E-state index contributed by atoms with van der Waals surface area (Å²) >= 11 is 0. The smallest absolute Gasteiger partial charge is 0.408 e. The molecule has 38 heavy (non-hydrogen) atoms. The maximum Gasteiger partial charge on any atom is 0.408 e. The summed E-state index contributed by atoms with van der Waals surface area (Å²) in [5.41, 5.74) is 3.91. The fourth-order valence-electron chi connectivity index (χ4n) is 4.47. The molecule has 1 unspecified atom stereocenters. The quantitative estimate of drug-likeness (QED) is 0.371. The number of carbonyl (C=O) groups is 3. The van der Waals surface area contributed by atoms with Gasteiger partial charge in [-0.3, -0.25) is 4.79 Å². The molecule has 1 aromatic heterocycles. The summed E-state index contributed by atoms with van der Waals surface area (Å²) in [5.74, 6) is -0.417. The molecular weight excluding hydrogens is 484 g/mol. The van der Waals surface area contributed by atoms with Crippen molar-refractivity contribution in [3.05, 3.63) is 84.2 Å². The first-order valence-corrected chi connectivity index (χ1v) is 12.7. The van der Waals surface area contributed by atoms with E-state index in [2.05, 4.69) is 40.2 Å². The molecule has 4 rings (SSSR count). The summed E-state index contributed by atoms with van der Waals surface area (Å²) in [5, 5.41) is 8.05. The third-order valence-electron chi connectivity index (χ3n) is 6.10. The van der Waals surface area contributed by atoms with Crippen LogP contribution in [0.15, 0.2) is 73.1 Å². The number of nitrogens with zero attached hydrogens (tertiary/aromatic N) is 1. The second kappa shape index (κ2) is 11.9. The van der Waals surface area contributed by atoms with Crippen molar-refractivity contribution in [3.63, 3.8) is 0 Å². The molecule has 0 spiro atoms. The van der Waals surface area contributed by atoms with Crippen molar-refractivity contribution < 1.29 is 23.9 Å². The van der Waals surface area contributed by atoms with E-state index in [-0.39, 0.29) is 38.1 Å². The normalized spacial score (nSPS) is 13.1. The minimum atomic E-state index is -0.855. The molecule has 9 heteroatoms. The van der Waals surface area contributed by atoms with Crippen LogP contribution in [0.4, 0.5) is 9.59 Å². The Morgan fingerprint density at radius 3 is 2.03 bits per heavy atom. The van der Waals surface area contributed by atoms with Gasteiger partial charge in [-0.15, -0.1) is 0 Å². The molecule has 0 saturated heterocycles. The molecule has 2 aromatic carbocycles. The van der Waals surface area contributed by atoms with Gasteiger partial charge >= 0.3 is 12.2 Å². The number of alkyl carbamates (subject to hydrolysis) is 2. The predicted molar refractivity (Wildman–Crippen MR) is 144 cm³/mol. The molecule has 1 atom stereocenters. The largest absolute Gasteiger partial charge is 0.449 e. The molecule has 1 aliphatic rings. The van der Waals surface area contributed by atoms with E-state index in [9.17, 15) is 14.4 Å². The van der Waals surface area contributed by atoms with E-state index in [4.69, 9.17) is 9.47 Å². The Morgan fingerprint density at radius 1 is 0.842 bits per heavy atom. The summed E-state index contributed by atoms with van der Waals surface area (Å²) in [6.45, 7) is 6.04. The van der Waals surface area contributed by atoms with Crippen LogP contribution in [0.5, 0.6) is 0 Å². The zero-order valence-electron chi connectivity index (χ0n) is 21.9. The van der Waals surface area contributed by atoms with Crippen LogP contribution >= 0.6 is 0 Å². The summed E-state index contributed by atoms with van der Waals surface area (Å²) in [6.07, 6.45) is 2.37. The molecule has 0 saturated carbocycles. The summed E-state index contributed by atoms with van der Waals surface area (Å²) < 4.78 is 12.6. The van der Waals surface area contributed by atoms with Gasteiger partial charge in [0.15, 0.2) is 0 Å². The average Bonchev–Trinajstić information content (AvgIpc) is 3.50. The molecule has 1 aliphatic carbocycles. The monoisotopic (exact) mass is 518 g/mol. The number of benzene rings is 2. The maximum absolute atomic E-state index is 12.8. The van der Waals surface area contributed by atoms with Crippen LogP contribution in [0.25, 0.3) is 11.1 Å². The van der Waals surface area contributed by atoms with Gasteiger partial charge in [-0.1, -0.05) is 48.5 Å². The Kier molecular flexibility index (Phi) is 8.35. The highest BCUT2D eigenvalue weighted by Gasteiger charge is 2.29. The molecule has 9 nitrogen and oxygen atoms in total. The van der Waals surface area contributed by atoms with Gasteiger partial charge in [0, 0.05) is 31.4 Å². The number of ether oxygens (including phenoxy) is 2. The van der Waals surface area contributed by atoms with Crippen molar-refractivity contribution in [1.29, 1.82) is 0 Å². The van der Waals surface area contributed by atoms with Crippen molar-refractivity contribution >= 4 is 18.1 Å². The molecule has 3 N–H and O–H groups in total. The summed E-state index contributed by atoms with van der Waals surface area (Å²) in [7, 11) is 0. The van der Waals surface area contributed by atoms with Gasteiger partial charge in [-0.05, 0) is 55.2 Å². The Bertz CT molecular complexity index is 1220. The van der Waals surface area contributed by atoms with E-state index >= 15 is 0 Å². The number of fused-ring (bicyclic) bond motifs is 3. The van der Waals surface area contributed by atoms with Gasteiger partial charge in [0.25, 0.3) is 0 Å².